The van der Waals surface area contributed by atoms with Gasteiger partial charge in [-0.1, -0.05) is 54.6 Å². The van der Waals surface area contributed by atoms with Gasteiger partial charge in [-0.3, -0.25) is 14.6 Å². The number of fused-ring (bicyclic) bond motifs is 1. The van der Waals surface area contributed by atoms with Crippen LogP contribution in [0.5, 0.6) is 5.75 Å². The Kier molecular flexibility index (Phi) is 5.79. The van der Waals surface area contributed by atoms with Crippen LogP contribution >= 0.6 is 0 Å². The number of carbonyl (C=O) groups is 2. The van der Waals surface area contributed by atoms with E-state index in [-0.39, 0.29) is 12.0 Å². The van der Waals surface area contributed by atoms with E-state index in [0.717, 1.165) is 40.8 Å². The lowest BCUT2D eigenvalue weighted by Crippen LogP contribution is -2.13. The van der Waals surface area contributed by atoms with Crippen LogP contribution in [0, 0.1) is 0 Å². The van der Waals surface area contributed by atoms with Gasteiger partial charge in [0.15, 0.2) is 0 Å². The molecule has 4 aromatic rings. The summed E-state index contributed by atoms with van der Waals surface area (Å²) in [6.07, 6.45) is 4.32. The van der Waals surface area contributed by atoms with Gasteiger partial charge < -0.3 is 15.8 Å². The maximum absolute atomic E-state index is 12.9. The highest BCUT2D eigenvalue weighted by Gasteiger charge is 2.27. The molecule has 1 aliphatic carbocycles. The van der Waals surface area contributed by atoms with Crippen molar-refractivity contribution in [1.29, 1.82) is 0 Å². The minimum absolute atomic E-state index is 0.157. The summed E-state index contributed by atoms with van der Waals surface area (Å²) in [5.74, 6) is -0.218. The lowest BCUT2D eigenvalue weighted by Gasteiger charge is -2.16. The predicted octanol–water partition coefficient (Wildman–Crippen LogP) is 5.17. The maximum atomic E-state index is 12.9. The molecule has 6 nitrogen and oxygen atoms in total. The van der Waals surface area contributed by atoms with Crippen molar-refractivity contribution in [3.63, 3.8) is 0 Å². The van der Waals surface area contributed by atoms with Crippen molar-refractivity contribution in [1.82, 2.24) is 4.98 Å². The Bertz CT molecular complexity index is 1350. The quantitative estimate of drug-likeness (QED) is 0.425. The highest BCUT2D eigenvalue weighted by atomic mass is 16.5. The molecule has 0 spiro atoms. The van der Waals surface area contributed by atoms with E-state index in [1.54, 1.807) is 12.3 Å². The van der Waals surface area contributed by atoms with E-state index < -0.39 is 5.91 Å². The summed E-state index contributed by atoms with van der Waals surface area (Å²) >= 11 is 0. The third kappa shape index (κ3) is 4.38. The molecule has 5 rings (SSSR count). The SMILES string of the molecule is NC(=O)c1cncc(O[C@@H]2CCc3c(NC(=O)c4ccc(-c5ccccc5)cc4)cccc32)c1. The van der Waals surface area contributed by atoms with Gasteiger partial charge >= 0.3 is 0 Å². The first-order chi connectivity index (χ1) is 16.6. The van der Waals surface area contributed by atoms with Crippen molar-refractivity contribution in [3.05, 3.63) is 114 Å². The second-order valence-electron chi connectivity index (χ2n) is 8.19. The third-order valence-electron chi connectivity index (χ3n) is 5.99. The topological polar surface area (TPSA) is 94.3 Å². The first kappa shape index (κ1) is 21.4. The van der Waals surface area contributed by atoms with Crippen LogP contribution in [-0.4, -0.2) is 16.8 Å². The standard InChI is InChI=1S/C28H23N3O3/c29-27(32)21-15-22(17-30-16-21)34-26-14-13-23-24(26)7-4-8-25(23)31-28(33)20-11-9-19(10-12-20)18-5-2-1-3-6-18/h1-12,15-17,26H,13-14H2,(H2,29,32)(H,31,33)/t26-/m1/s1. The largest absolute Gasteiger partial charge is 0.484 e. The van der Waals surface area contributed by atoms with Gasteiger partial charge in [0.05, 0.1) is 11.8 Å². The monoisotopic (exact) mass is 449 g/mol. The molecule has 6 heteroatoms. The predicted molar refractivity (Wildman–Crippen MR) is 131 cm³/mol. The molecule has 34 heavy (non-hydrogen) atoms. The molecule has 0 saturated heterocycles. The third-order valence-corrected chi connectivity index (χ3v) is 5.99. The first-order valence-corrected chi connectivity index (χ1v) is 11.1. The van der Waals surface area contributed by atoms with Crippen molar-refractivity contribution in [2.45, 2.75) is 18.9 Å². The van der Waals surface area contributed by atoms with Gasteiger partial charge in [-0.15, -0.1) is 0 Å². The Balaban J connectivity index is 1.32. The number of nitrogens with two attached hydrogens (primary N) is 1. The van der Waals surface area contributed by atoms with E-state index in [4.69, 9.17) is 10.5 Å². The number of amides is 2. The lowest BCUT2D eigenvalue weighted by molar-refractivity contribution is 0.0996. The Morgan fingerprint density at radius 3 is 2.41 bits per heavy atom. The highest BCUT2D eigenvalue weighted by molar-refractivity contribution is 6.05. The summed E-state index contributed by atoms with van der Waals surface area (Å²) in [7, 11) is 0. The minimum Gasteiger partial charge on any atom is -0.484 e. The van der Waals surface area contributed by atoms with Gasteiger partial charge in [0.25, 0.3) is 5.91 Å². The summed E-state index contributed by atoms with van der Waals surface area (Å²) in [4.78, 5) is 28.4. The number of ether oxygens (including phenoxy) is 1. The number of rotatable bonds is 6. The van der Waals surface area contributed by atoms with E-state index in [1.807, 2.05) is 72.8 Å². The van der Waals surface area contributed by atoms with E-state index in [9.17, 15) is 9.59 Å². The number of hydrogen-bond acceptors (Lipinski definition) is 4. The summed E-state index contributed by atoms with van der Waals surface area (Å²) in [5.41, 5.74) is 11.3. The summed E-state index contributed by atoms with van der Waals surface area (Å²) in [6.45, 7) is 0. The molecule has 0 bridgehead atoms. The van der Waals surface area contributed by atoms with Crippen molar-refractivity contribution >= 4 is 17.5 Å². The van der Waals surface area contributed by atoms with E-state index in [0.29, 0.717) is 16.9 Å². The van der Waals surface area contributed by atoms with E-state index in [2.05, 4.69) is 10.3 Å². The fourth-order valence-corrected chi connectivity index (χ4v) is 4.28. The zero-order valence-electron chi connectivity index (χ0n) is 18.4. The number of anilines is 1. The minimum atomic E-state index is -0.549. The molecular formula is C28H23N3O3. The smallest absolute Gasteiger partial charge is 0.255 e. The molecule has 0 saturated carbocycles. The van der Waals surface area contributed by atoms with Crippen LogP contribution in [0.25, 0.3) is 11.1 Å². The molecule has 0 unspecified atom stereocenters. The molecule has 0 fully saturated rings. The highest BCUT2D eigenvalue weighted by Crippen LogP contribution is 2.38. The molecule has 1 heterocycles. The number of aromatic nitrogens is 1. The first-order valence-electron chi connectivity index (χ1n) is 11.1. The Hall–Kier alpha value is -4.45. The van der Waals surface area contributed by atoms with Gasteiger partial charge in [0, 0.05) is 17.4 Å². The number of hydrogen-bond donors (Lipinski definition) is 2. The van der Waals surface area contributed by atoms with Crippen molar-refractivity contribution in [2.24, 2.45) is 5.73 Å². The average molecular weight is 450 g/mol. The maximum Gasteiger partial charge on any atom is 0.255 e. The zero-order chi connectivity index (χ0) is 23.5. The molecule has 3 N–H and O–H groups in total. The van der Waals surface area contributed by atoms with Gasteiger partial charge in [-0.25, -0.2) is 0 Å². The Labute approximate surface area is 197 Å². The van der Waals surface area contributed by atoms with Crippen LogP contribution in [0.1, 0.15) is 44.4 Å². The summed E-state index contributed by atoms with van der Waals surface area (Å²) in [5, 5.41) is 3.06. The number of pyridine rings is 1. The second-order valence-corrected chi connectivity index (χ2v) is 8.19. The number of primary amides is 1. The van der Waals surface area contributed by atoms with Crippen molar-refractivity contribution < 1.29 is 14.3 Å². The molecule has 2 amide bonds. The fraction of sp³-hybridized carbons (Fsp3) is 0.107. The molecule has 0 radical (unpaired) electrons. The van der Waals surface area contributed by atoms with Crippen LogP contribution in [-0.2, 0) is 6.42 Å². The summed E-state index contributed by atoms with van der Waals surface area (Å²) < 4.78 is 6.11. The Morgan fingerprint density at radius 1 is 0.882 bits per heavy atom. The van der Waals surface area contributed by atoms with Crippen LogP contribution in [0.3, 0.4) is 0 Å². The Morgan fingerprint density at radius 2 is 1.65 bits per heavy atom. The van der Waals surface area contributed by atoms with Crippen LogP contribution in [0.2, 0.25) is 0 Å². The van der Waals surface area contributed by atoms with Gasteiger partial charge in [-0.2, -0.15) is 0 Å². The molecule has 168 valence electrons. The molecule has 3 aromatic carbocycles. The molecule has 1 aromatic heterocycles. The second kappa shape index (κ2) is 9.19. The number of carbonyl (C=O) groups excluding carboxylic acids is 2. The number of nitrogens with one attached hydrogen (secondary N) is 1. The van der Waals surface area contributed by atoms with Crippen LogP contribution < -0.4 is 15.8 Å². The number of benzene rings is 3. The van der Waals surface area contributed by atoms with Crippen molar-refractivity contribution in [3.8, 4) is 16.9 Å². The van der Waals surface area contributed by atoms with Gasteiger partial charge in [-0.05, 0) is 59.4 Å². The lowest BCUT2D eigenvalue weighted by atomic mass is 10.0. The molecule has 1 atom stereocenters. The van der Waals surface area contributed by atoms with E-state index in [1.165, 1.54) is 6.20 Å². The average Bonchev–Trinajstić information content (AvgIpc) is 3.28. The molecule has 1 aliphatic rings. The van der Waals surface area contributed by atoms with Gasteiger partial charge in [0.2, 0.25) is 5.91 Å². The van der Waals surface area contributed by atoms with Gasteiger partial charge in [0.1, 0.15) is 11.9 Å². The van der Waals surface area contributed by atoms with Crippen LogP contribution in [0.4, 0.5) is 5.69 Å². The molecule has 0 aliphatic heterocycles. The molecular weight excluding hydrogens is 426 g/mol. The fourth-order valence-electron chi connectivity index (χ4n) is 4.28. The summed E-state index contributed by atoms with van der Waals surface area (Å²) in [6, 6.07) is 25.1. The normalized spacial score (nSPS) is 14.3. The zero-order valence-corrected chi connectivity index (χ0v) is 18.4. The number of nitrogens with zero attached hydrogens (tertiary/aromatic N) is 1. The van der Waals surface area contributed by atoms with Crippen molar-refractivity contribution in [2.75, 3.05) is 5.32 Å². The van der Waals surface area contributed by atoms with E-state index >= 15 is 0 Å². The van der Waals surface area contributed by atoms with Crippen LogP contribution in [0.15, 0.2) is 91.3 Å².